The predicted molar refractivity (Wildman–Crippen MR) is 62.1 cm³/mol. The van der Waals surface area contributed by atoms with Crippen LogP contribution in [0.3, 0.4) is 0 Å². The van der Waals surface area contributed by atoms with Crippen LogP contribution < -0.4 is 0 Å². The number of hydrogen-bond acceptors (Lipinski definition) is 6. The van der Waals surface area contributed by atoms with Crippen LogP contribution >= 0.6 is 0 Å². The van der Waals surface area contributed by atoms with Gasteiger partial charge in [-0.1, -0.05) is 0 Å². The summed E-state index contributed by atoms with van der Waals surface area (Å²) in [5, 5.41) is 0. The molecule has 0 bridgehead atoms. The normalized spacial score (nSPS) is 21.7. The van der Waals surface area contributed by atoms with Crippen molar-refractivity contribution in [2.45, 2.75) is 31.2 Å². The molecule has 11 heteroatoms. The lowest BCUT2D eigenvalue weighted by Gasteiger charge is -2.30. The van der Waals surface area contributed by atoms with Crippen molar-refractivity contribution in [3.8, 4) is 0 Å². The van der Waals surface area contributed by atoms with Crippen molar-refractivity contribution in [2.24, 2.45) is 0 Å². The first-order chi connectivity index (χ1) is 9.43. The fraction of sp³-hybridized carbons (Fsp3) is 0.900. The Hall–Kier alpha value is -0.910. The summed E-state index contributed by atoms with van der Waals surface area (Å²) >= 11 is 0. The highest BCUT2D eigenvalue weighted by Gasteiger charge is 2.57. The van der Waals surface area contributed by atoms with E-state index in [1.165, 1.54) is 0 Å². The third kappa shape index (κ3) is 6.59. The van der Waals surface area contributed by atoms with Crippen LogP contribution in [0.1, 0.15) is 13.3 Å². The first kappa shape index (κ1) is 18.1. The third-order valence-corrected chi connectivity index (χ3v) is 3.47. The average molecular weight is 336 g/mol. The molecule has 1 aliphatic rings. The van der Waals surface area contributed by atoms with Crippen LogP contribution in [0.25, 0.3) is 0 Å². The highest BCUT2D eigenvalue weighted by atomic mass is 32.2. The van der Waals surface area contributed by atoms with Gasteiger partial charge >= 0.3 is 12.1 Å². The topological polar surface area (TPSA) is 102 Å². The number of alkyl halides is 3. The van der Waals surface area contributed by atoms with Crippen LogP contribution in [0.15, 0.2) is 0 Å². The molecule has 1 fully saturated rings. The van der Waals surface area contributed by atoms with E-state index in [4.69, 9.17) is 14.0 Å². The van der Waals surface area contributed by atoms with Gasteiger partial charge in [-0.2, -0.15) is 21.6 Å². The molecule has 1 N–H and O–H groups in total. The van der Waals surface area contributed by atoms with Gasteiger partial charge in [-0.3, -0.25) is 9.35 Å². The molecule has 0 aromatic carbocycles. The molecule has 0 aliphatic carbocycles. The second kappa shape index (κ2) is 6.46. The first-order valence-corrected chi connectivity index (χ1v) is 7.47. The Morgan fingerprint density at radius 3 is 2.43 bits per heavy atom. The van der Waals surface area contributed by atoms with Crippen molar-refractivity contribution in [1.29, 1.82) is 0 Å². The van der Waals surface area contributed by atoms with E-state index in [0.717, 1.165) is 0 Å². The maximum absolute atomic E-state index is 12.8. The molecule has 0 aromatic heterocycles. The van der Waals surface area contributed by atoms with E-state index < -0.39 is 40.0 Å². The van der Waals surface area contributed by atoms with E-state index in [-0.39, 0.29) is 19.3 Å². The van der Waals surface area contributed by atoms with Crippen LogP contribution in [0.5, 0.6) is 0 Å². The number of epoxide rings is 1. The van der Waals surface area contributed by atoms with Crippen LogP contribution in [0.2, 0.25) is 0 Å². The summed E-state index contributed by atoms with van der Waals surface area (Å²) in [6, 6.07) is 0. The molecular weight excluding hydrogens is 321 g/mol. The smallest absolute Gasteiger partial charge is 0.429 e. The number of halogens is 3. The van der Waals surface area contributed by atoms with Crippen molar-refractivity contribution in [1.82, 2.24) is 0 Å². The van der Waals surface area contributed by atoms with Crippen molar-refractivity contribution >= 4 is 16.1 Å². The molecule has 0 saturated carbocycles. The van der Waals surface area contributed by atoms with Gasteiger partial charge in [0.25, 0.3) is 10.1 Å². The maximum Gasteiger partial charge on any atom is 0.429 e. The summed E-state index contributed by atoms with van der Waals surface area (Å²) in [5.41, 5.74) is -3.32. The van der Waals surface area contributed by atoms with E-state index in [9.17, 15) is 26.4 Å². The molecule has 0 aromatic rings. The maximum atomic E-state index is 12.8. The Kier molecular flexibility index (Phi) is 5.58. The van der Waals surface area contributed by atoms with Crippen molar-refractivity contribution < 1.29 is 45.1 Å². The van der Waals surface area contributed by atoms with Gasteiger partial charge in [0.05, 0.1) is 26.2 Å². The molecule has 2 unspecified atom stereocenters. The molecule has 0 spiro atoms. The standard InChI is InChI=1S/C10H15F3O7S/c1-9(10(11,12)13,6-21(15,16)17)20-8(14)2-3-18-4-7-5-19-7/h7H,2-6H2,1H3,(H,15,16,17). The molecule has 1 rings (SSSR count). The third-order valence-electron chi connectivity index (χ3n) is 2.55. The quantitative estimate of drug-likeness (QED) is 0.299. The Morgan fingerprint density at radius 1 is 1.43 bits per heavy atom. The largest absolute Gasteiger partial charge is 0.448 e. The van der Waals surface area contributed by atoms with E-state index in [2.05, 4.69) is 4.74 Å². The number of ether oxygens (including phenoxy) is 3. The lowest BCUT2D eigenvalue weighted by atomic mass is 10.1. The molecular formula is C10H15F3O7S. The molecule has 1 saturated heterocycles. The number of carbonyl (C=O) groups excluding carboxylic acids is 1. The molecule has 2 atom stereocenters. The van der Waals surface area contributed by atoms with Crippen LogP contribution in [0, 0.1) is 0 Å². The summed E-state index contributed by atoms with van der Waals surface area (Å²) in [5.74, 6) is -3.05. The zero-order valence-electron chi connectivity index (χ0n) is 11.1. The zero-order valence-corrected chi connectivity index (χ0v) is 11.9. The minimum absolute atomic E-state index is 0.0546. The van der Waals surface area contributed by atoms with Gasteiger partial charge in [0.1, 0.15) is 11.9 Å². The second-order valence-corrected chi connectivity index (χ2v) is 6.16. The van der Waals surface area contributed by atoms with E-state index in [1.807, 2.05) is 0 Å². The monoisotopic (exact) mass is 336 g/mol. The number of carbonyl (C=O) groups is 1. The Bertz CT molecular complexity index is 472. The summed E-state index contributed by atoms with van der Waals surface area (Å²) in [4.78, 5) is 11.3. The van der Waals surface area contributed by atoms with Gasteiger partial charge < -0.3 is 14.2 Å². The highest BCUT2D eigenvalue weighted by molar-refractivity contribution is 7.85. The van der Waals surface area contributed by atoms with Crippen LogP contribution in [0.4, 0.5) is 13.2 Å². The van der Waals surface area contributed by atoms with Gasteiger partial charge in [0.15, 0.2) is 0 Å². The minimum Gasteiger partial charge on any atom is -0.448 e. The minimum atomic E-state index is -5.15. The van der Waals surface area contributed by atoms with Gasteiger partial charge in [0, 0.05) is 0 Å². The SMILES string of the molecule is CC(CS(=O)(=O)O)(OC(=O)CCOCC1CO1)C(F)(F)F. The number of hydrogen-bond donors (Lipinski definition) is 1. The van der Waals surface area contributed by atoms with Gasteiger partial charge in [-0.25, -0.2) is 0 Å². The fourth-order valence-electron chi connectivity index (χ4n) is 1.35. The lowest BCUT2D eigenvalue weighted by Crippen LogP contribution is -2.51. The Morgan fingerprint density at radius 2 is 2.00 bits per heavy atom. The molecule has 124 valence electrons. The molecule has 0 radical (unpaired) electrons. The molecule has 7 nitrogen and oxygen atoms in total. The summed E-state index contributed by atoms with van der Waals surface area (Å²) in [7, 11) is -4.98. The van der Waals surface area contributed by atoms with E-state index in [0.29, 0.717) is 13.5 Å². The average Bonchev–Trinajstić information content (AvgIpc) is 3.03. The Labute approximate surface area is 119 Å². The second-order valence-electron chi connectivity index (χ2n) is 4.71. The first-order valence-electron chi connectivity index (χ1n) is 5.86. The summed E-state index contributed by atoms with van der Waals surface area (Å²) < 4.78 is 82.2. The number of esters is 1. The zero-order chi connectivity index (χ0) is 16.3. The predicted octanol–water partition coefficient (Wildman–Crippen LogP) is 0.544. The molecule has 1 aliphatic heterocycles. The fourth-order valence-corrected chi connectivity index (χ4v) is 2.27. The van der Waals surface area contributed by atoms with Gasteiger partial charge in [-0.15, -0.1) is 0 Å². The van der Waals surface area contributed by atoms with Crippen LogP contribution in [-0.2, 0) is 29.1 Å². The van der Waals surface area contributed by atoms with Crippen molar-refractivity contribution in [3.05, 3.63) is 0 Å². The highest BCUT2D eigenvalue weighted by Crippen LogP contribution is 2.34. The van der Waals surface area contributed by atoms with Gasteiger partial charge in [-0.05, 0) is 6.92 Å². The van der Waals surface area contributed by atoms with Crippen LogP contribution in [-0.4, -0.2) is 62.4 Å². The lowest BCUT2D eigenvalue weighted by molar-refractivity contribution is -0.256. The molecule has 0 amide bonds. The van der Waals surface area contributed by atoms with E-state index in [1.54, 1.807) is 0 Å². The van der Waals surface area contributed by atoms with Gasteiger partial charge in [0.2, 0.25) is 5.60 Å². The van der Waals surface area contributed by atoms with Crippen molar-refractivity contribution in [2.75, 3.05) is 25.6 Å². The molecule has 1 heterocycles. The van der Waals surface area contributed by atoms with E-state index >= 15 is 0 Å². The van der Waals surface area contributed by atoms with Crippen molar-refractivity contribution in [3.63, 3.8) is 0 Å². The molecule has 21 heavy (non-hydrogen) atoms. The summed E-state index contributed by atoms with van der Waals surface area (Å²) in [6.07, 6.45) is -5.69. The summed E-state index contributed by atoms with van der Waals surface area (Å²) in [6.45, 7) is 0.940. The Balaban J connectivity index is 2.52. The number of rotatable bonds is 8.